The predicted octanol–water partition coefficient (Wildman–Crippen LogP) is 3.49. The van der Waals surface area contributed by atoms with Crippen molar-refractivity contribution in [1.82, 2.24) is 9.55 Å². The van der Waals surface area contributed by atoms with Crippen LogP contribution in [0.15, 0.2) is 24.7 Å². The lowest BCUT2D eigenvalue weighted by Crippen LogP contribution is -2.08. The largest absolute Gasteiger partial charge is 0.377 e. The van der Waals surface area contributed by atoms with Crippen LogP contribution in [0.1, 0.15) is 24.6 Å². The van der Waals surface area contributed by atoms with Gasteiger partial charge in [0.25, 0.3) is 0 Å². The van der Waals surface area contributed by atoms with Gasteiger partial charge in [-0.25, -0.2) is 13.8 Å². The molecule has 102 valence electrons. The lowest BCUT2D eigenvalue weighted by Gasteiger charge is -2.10. The van der Waals surface area contributed by atoms with Crippen molar-refractivity contribution in [3.63, 3.8) is 0 Å². The lowest BCUT2D eigenvalue weighted by molar-refractivity contribution is 0.593. The van der Waals surface area contributed by atoms with E-state index in [9.17, 15) is 8.78 Å². The second-order valence-corrected chi connectivity index (χ2v) is 4.51. The molecule has 0 bridgehead atoms. The number of imidazole rings is 1. The molecule has 1 heterocycles. The van der Waals surface area contributed by atoms with Crippen LogP contribution in [0.4, 0.5) is 14.5 Å². The summed E-state index contributed by atoms with van der Waals surface area (Å²) in [6.45, 7) is 4.89. The van der Waals surface area contributed by atoms with E-state index in [-0.39, 0.29) is 5.69 Å². The van der Waals surface area contributed by atoms with Crippen LogP contribution in [-0.4, -0.2) is 9.55 Å². The van der Waals surface area contributed by atoms with E-state index in [2.05, 4.69) is 17.2 Å². The average molecular weight is 265 g/mol. The molecule has 1 aromatic heterocycles. The number of anilines is 1. The number of halogens is 2. The molecule has 0 radical (unpaired) electrons. The minimum Gasteiger partial charge on any atom is -0.377 e. The van der Waals surface area contributed by atoms with E-state index in [0.717, 1.165) is 18.7 Å². The third-order valence-electron chi connectivity index (χ3n) is 2.97. The first-order chi connectivity index (χ1) is 9.11. The second-order valence-electron chi connectivity index (χ2n) is 4.51. The fourth-order valence-corrected chi connectivity index (χ4v) is 1.91. The Kier molecular flexibility index (Phi) is 4.14. The van der Waals surface area contributed by atoms with E-state index in [4.69, 9.17) is 0 Å². The first-order valence-electron chi connectivity index (χ1n) is 6.30. The Morgan fingerprint density at radius 2 is 2.05 bits per heavy atom. The molecule has 0 saturated carbocycles. The fourth-order valence-electron chi connectivity index (χ4n) is 1.91. The summed E-state index contributed by atoms with van der Waals surface area (Å²) in [4.78, 5) is 4.06. The van der Waals surface area contributed by atoms with Gasteiger partial charge in [-0.2, -0.15) is 0 Å². The van der Waals surface area contributed by atoms with Crippen LogP contribution in [0.3, 0.4) is 0 Å². The molecular weight excluding hydrogens is 248 g/mol. The molecule has 2 rings (SSSR count). The van der Waals surface area contributed by atoms with E-state index < -0.39 is 11.6 Å². The van der Waals surface area contributed by atoms with Gasteiger partial charge in [0.2, 0.25) is 0 Å². The third-order valence-corrected chi connectivity index (χ3v) is 2.97. The van der Waals surface area contributed by atoms with Gasteiger partial charge in [0.1, 0.15) is 11.6 Å². The van der Waals surface area contributed by atoms with Gasteiger partial charge in [0.15, 0.2) is 0 Å². The van der Waals surface area contributed by atoms with E-state index in [1.54, 1.807) is 19.4 Å². The summed E-state index contributed by atoms with van der Waals surface area (Å²) in [5, 5.41) is 2.91. The SMILES string of the molecule is CCCn1cncc1CNc1cc(F)c(C)cc1F. The highest BCUT2D eigenvalue weighted by molar-refractivity contribution is 5.47. The summed E-state index contributed by atoms with van der Waals surface area (Å²) in [5.74, 6) is -0.855. The van der Waals surface area contributed by atoms with Crippen molar-refractivity contribution in [2.24, 2.45) is 0 Å². The molecule has 0 fully saturated rings. The molecule has 1 N–H and O–H groups in total. The van der Waals surface area contributed by atoms with Crippen molar-refractivity contribution in [2.75, 3.05) is 5.32 Å². The second kappa shape index (κ2) is 5.82. The van der Waals surface area contributed by atoms with Crippen molar-refractivity contribution in [3.8, 4) is 0 Å². The zero-order valence-corrected chi connectivity index (χ0v) is 11.1. The highest BCUT2D eigenvalue weighted by Gasteiger charge is 2.08. The third kappa shape index (κ3) is 3.10. The Labute approximate surface area is 111 Å². The van der Waals surface area contributed by atoms with Gasteiger partial charge < -0.3 is 9.88 Å². The number of aromatic nitrogens is 2. The summed E-state index contributed by atoms with van der Waals surface area (Å²) in [6.07, 6.45) is 4.47. The first-order valence-corrected chi connectivity index (χ1v) is 6.30. The zero-order valence-electron chi connectivity index (χ0n) is 11.1. The quantitative estimate of drug-likeness (QED) is 0.896. The van der Waals surface area contributed by atoms with Gasteiger partial charge in [-0.3, -0.25) is 0 Å². The van der Waals surface area contributed by atoms with E-state index in [0.29, 0.717) is 12.1 Å². The lowest BCUT2D eigenvalue weighted by atomic mass is 10.2. The van der Waals surface area contributed by atoms with Crippen molar-refractivity contribution in [1.29, 1.82) is 0 Å². The first kappa shape index (κ1) is 13.5. The summed E-state index contributed by atoms with van der Waals surface area (Å²) in [6, 6.07) is 2.38. The molecule has 0 saturated heterocycles. The summed E-state index contributed by atoms with van der Waals surface area (Å²) in [7, 11) is 0. The van der Waals surface area contributed by atoms with Crippen LogP contribution in [0, 0.1) is 18.6 Å². The summed E-state index contributed by atoms with van der Waals surface area (Å²) < 4.78 is 29.1. The molecule has 0 aliphatic rings. The molecule has 5 heteroatoms. The molecule has 3 nitrogen and oxygen atoms in total. The molecule has 0 atom stereocenters. The Balaban J connectivity index is 2.10. The highest BCUT2D eigenvalue weighted by Crippen LogP contribution is 2.19. The van der Waals surface area contributed by atoms with Crippen molar-refractivity contribution in [2.45, 2.75) is 33.4 Å². The minimum atomic E-state index is -0.444. The molecule has 0 aliphatic carbocycles. The van der Waals surface area contributed by atoms with Crippen LogP contribution in [0.2, 0.25) is 0 Å². The van der Waals surface area contributed by atoms with Gasteiger partial charge >= 0.3 is 0 Å². The number of benzene rings is 1. The van der Waals surface area contributed by atoms with Gasteiger partial charge in [-0.15, -0.1) is 0 Å². The molecule has 0 unspecified atom stereocenters. The van der Waals surface area contributed by atoms with Crippen molar-refractivity contribution in [3.05, 3.63) is 47.5 Å². The maximum absolute atomic E-state index is 13.7. The standard InChI is InChI=1S/C14H17F2N3/c1-3-4-19-9-17-7-11(19)8-18-14-6-12(15)10(2)5-13(14)16/h5-7,9,18H,3-4,8H2,1-2H3. The molecule has 1 aromatic carbocycles. The molecule has 0 amide bonds. The fraction of sp³-hybridized carbons (Fsp3) is 0.357. The Morgan fingerprint density at radius 1 is 1.26 bits per heavy atom. The molecule has 2 aromatic rings. The molecule has 19 heavy (non-hydrogen) atoms. The number of nitrogens with one attached hydrogen (secondary N) is 1. The maximum atomic E-state index is 13.7. The number of hydrogen-bond acceptors (Lipinski definition) is 2. The van der Waals surface area contributed by atoms with Crippen LogP contribution in [0.5, 0.6) is 0 Å². The number of nitrogens with zero attached hydrogens (tertiary/aromatic N) is 2. The Morgan fingerprint density at radius 3 is 2.79 bits per heavy atom. The van der Waals surface area contributed by atoms with Crippen molar-refractivity contribution < 1.29 is 8.78 Å². The molecular formula is C14H17F2N3. The van der Waals surface area contributed by atoms with E-state index >= 15 is 0 Å². The highest BCUT2D eigenvalue weighted by atomic mass is 19.1. The van der Waals surface area contributed by atoms with Crippen LogP contribution >= 0.6 is 0 Å². The average Bonchev–Trinajstić information content (AvgIpc) is 2.80. The van der Waals surface area contributed by atoms with Gasteiger partial charge in [0, 0.05) is 18.8 Å². The zero-order chi connectivity index (χ0) is 13.8. The minimum absolute atomic E-state index is 0.173. The van der Waals surface area contributed by atoms with Crippen LogP contribution < -0.4 is 5.32 Å². The van der Waals surface area contributed by atoms with Gasteiger partial charge in [0.05, 0.1) is 24.3 Å². The van der Waals surface area contributed by atoms with E-state index in [1.807, 2.05) is 4.57 Å². The predicted molar refractivity (Wildman–Crippen MR) is 70.9 cm³/mol. The smallest absolute Gasteiger partial charge is 0.146 e. The number of rotatable bonds is 5. The molecule has 0 aliphatic heterocycles. The number of aryl methyl sites for hydroxylation is 2. The van der Waals surface area contributed by atoms with E-state index in [1.165, 1.54) is 12.1 Å². The Hall–Kier alpha value is -1.91. The Bertz CT molecular complexity index is 564. The molecule has 0 spiro atoms. The number of hydrogen-bond donors (Lipinski definition) is 1. The topological polar surface area (TPSA) is 29.9 Å². The van der Waals surface area contributed by atoms with Crippen LogP contribution in [-0.2, 0) is 13.1 Å². The summed E-state index contributed by atoms with van der Waals surface area (Å²) in [5.41, 5.74) is 1.42. The van der Waals surface area contributed by atoms with Gasteiger partial charge in [-0.1, -0.05) is 6.92 Å². The van der Waals surface area contributed by atoms with Crippen LogP contribution in [0.25, 0.3) is 0 Å². The normalized spacial score (nSPS) is 10.7. The van der Waals surface area contributed by atoms with Crippen molar-refractivity contribution >= 4 is 5.69 Å². The monoisotopic (exact) mass is 265 g/mol. The summed E-state index contributed by atoms with van der Waals surface area (Å²) >= 11 is 0. The maximum Gasteiger partial charge on any atom is 0.146 e. The van der Waals surface area contributed by atoms with Gasteiger partial charge in [-0.05, 0) is 25.0 Å².